The number of anilines is 2. The molecule has 1 saturated carbocycles. The highest BCUT2D eigenvalue weighted by atomic mass is 16.5. The summed E-state index contributed by atoms with van der Waals surface area (Å²) in [6, 6.07) is 14.6. The molecule has 42 heavy (non-hydrogen) atoms. The molecule has 1 aliphatic heterocycles. The Bertz CT molecular complexity index is 1550. The van der Waals surface area contributed by atoms with E-state index in [4.69, 9.17) is 14.6 Å². The lowest BCUT2D eigenvalue weighted by atomic mass is 9.85. The molecule has 2 aromatic carbocycles. The third-order valence-corrected chi connectivity index (χ3v) is 6.96. The molecule has 10 nitrogen and oxygen atoms in total. The van der Waals surface area contributed by atoms with E-state index >= 15 is 0 Å². The zero-order valence-electron chi connectivity index (χ0n) is 23.8. The van der Waals surface area contributed by atoms with Crippen molar-refractivity contribution < 1.29 is 29.0 Å². The van der Waals surface area contributed by atoms with E-state index in [0.717, 1.165) is 24.0 Å². The number of amides is 3. The monoisotopic (exact) mass is 570 g/mol. The highest BCUT2D eigenvalue weighted by Crippen LogP contribution is 2.34. The molecular weight excluding hydrogens is 536 g/mol. The van der Waals surface area contributed by atoms with Crippen molar-refractivity contribution in [2.45, 2.75) is 45.4 Å². The van der Waals surface area contributed by atoms with Crippen molar-refractivity contribution >= 4 is 35.5 Å². The molecular formula is C32H34N4O6. The van der Waals surface area contributed by atoms with Crippen molar-refractivity contribution in [3.63, 3.8) is 0 Å². The summed E-state index contributed by atoms with van der Waals surface area (Å²) in [6.45, 7) is 6.63. The van der Waals surface area contributed by atoms with Gasteiger partial charge in [-0.3, -0.25) is 9.59 Å². The number of pyridine rings is 1. The smallest absolute Gasteiger partial charge is 0.404 e. The van der Waals surface area contributed by atoms with Gasteiger partial charge in [0, 0.05) is 36.0 Å². The molecule has 3 amide bonds. The Morgan fingerprint density at radius 1 is 1.02 bits per heavy atom. The zero-order valence-corrected chi connectivity index (χ0v) is 23.8. The summed E-state index contributed by atoms with van der Waals surface area (Å²) in [7, 11) is 0. The number of hydrogen-bond acceptors (Lipinski definition) is 6. The number of hydrogen-bond donors (Lipinski definition) is 4. The van der Waals surface area contributed by atoms with E-state index < -0.39 is 6.09 Å². The standard InChI is InChI=1S/C32H34N4O6/c1-32(2,3)23-12-19(8-10-34-31(39)40)13-24(16-23)35-30(38)22-14-21-15-25(6-7-27(21)41-18-22)42-26-9-11-33-28(17-26)36-29(37)20-4-5-20/h6-7,9,11-17,20,34H,4-5,8,10,18H2,1-3H3,(H,35,38)(H,39,40)(H,33,36,37). The van der Waals surface area contributed by atoms with Gasteiger partial charge in [0.05, 0.1) is 5.57 Å². The number of aromatic nitrogens is 1. The van der Waals surface area contributed by atoms with Crippen molar-refractivity contribution in [2.75, 3.05) is 23.8 Å². The van der Waals surface area contributed by atoms with Gasteiger partial charge in [-0.05, 0) is 78.3 Å². The number of carbonyl (C=O) groups excluding carboxylic acids is 2. The fourth-order valence-electron chi connectivity index (χ4n) is 4.47. The van der Waals surface area contributed by atoms with Gasteiger partial charge >= 0.3 is 6.09 Å². The summed E-state index contributed by atoms with van der Waals surface area (Å²) >= 11 is 0. The van der Waals surface area contributed by atoms with Gasteiger partial charge in [0.15, 0.2) is 0 Å². The number of rotatable bonds is 9. The van der Waals surface area contributed by atoms with Gasteiger partial charge in [-0.1, -0.05) is 26.8 Å². The molecule has 5 rings (SSSR count). The fraction of sp³-hybridized carbons (Fsp3) is 0.312. The summed E-state index contributed by atoms with van der Waals surface area (Å²) in [5.74, 6) is 1.87. The van der Waals surface area contributed by atoms with Crippen LogP contribution in [0.1, 0.15) is 50.3 Å². The summed E-state index contributed by atoms with van der Waals surface area (Å²) in [5.41, 5.74) is 3.55. The molecule has 1 aromatic heterocycles. The lowest BCUT2D eigenvalue weighted by molar-refractivity contribution is -0.117. The Morgan fingerprint density at radius 2 is 1.81 bits per heavy atom. The van der Waals surface area contributed by atoms with Crippen LogP contribution in [-0.4, -0.2) is 41.1 Å². The van der Waals surface area contributed by atoms with Crippen LogP contribution in [0.3, 0.4) is 0 Å². The minimum Gasteiger partial charge on any atom is -0.488 e. The predicted molar refractivity (Wildman–Crippen MR) is 159 cm³/mol. The predicted octanol–water partition coefficient (Wildman–Crippen LogP) is 5.74. The fourth-order valence-corrected chi connectivity index (χ4v) is 4.47. The van der Waals surface area contributed by atoms with Gasteiger partial charge in [-0.25, -0.2) is 9.78 Å². The van der Waals surface area contributed by atoms with E-state index in [2.05, 4.69) is 41.7 Å². The normalized spacial score (nSPS) is 14.1. The third kappa shape index (κ3) is 7.45. The van der Waals surface area contributed by atoms with Crippen LogP contribution in [0, 0.1) is 5.92 Å². The lowest BCUT2D eigenvalue weighted by Crippen LogP contribution is -2.24. The Labute approximate surface area is 244 Å². The number of nitrogens with one attached hydrogen (secondary N) is 3. The number of ether oxygens (including phenoxy) is 2. The maximum atomic E-state index is 13.3. The highest BCUT2D eigenvalue weighted by molar-refractivity contribution is 6.07. The first-order valence-corrected chi connectivity index (χ1v) is 13.9. The van der Waals surface area contributed by atoms with Crippen LogP contribution in [0.2, 0.25) is 0 Å². The topological polar surface area (TPSA) is 139 Å². The number of nitrogens with zero attached hydrogens (tertiary/aromatic N) is 1. The SMILES string of the molecule is CC(C)(C)c1cc(CCNC(=O)O)cc(NC(=O)C2=Cc3cc(Oc4ccnc(NC(=O)C5CC5)c4)ccc3OC2)c1. The summed E-state index contributed by atoms with van der Waals surface area (Å²) < 4.78 is 11.9. The molecule has 2 heterocycles. The minimum atomic E-state index is -1.07. The van der Waals surface area contributed by atoms with Crippen molar-refractivity contribution in [3.05, 3.63) is 77.0 Å². The van der Waals surface area contributed by atoms with E-state index in [1.165, 1.54) is 0 Å². The van der Waals surface area contributed by atoms with Crippen molar-refractivity contribution in [2.24, 2.45) is 5.92 Å². The van der Waals surface area contributed by atoms with Crippen LogP contribution in [0.4, 0.5) is 16.3 Å². The number of carboxylic acid groups (broad SMARTS) is 1. The Kier molecular flexibility index (Phi) is 8.15. The van der Waals surface area contributed by atoms with Crippen LogP contribution < -0.4 is 25.4 Å². The molecule has 0 atom stereocenters. The molecule has 0 radical (unpaired) electrons. The maximum Gasteiger partial charge on any atom is 0.404 e. The summed E-state index contributed by atoms with van der Waals surface area (Å²) in [4.78, 5) is 40.4. The lowest BCUT2D eigenvalue weighted by Gasteiger charge is -2.22. The Morgan fingerprint density at radius 3 is 2.55 bits per heavy atom. The molecule has 0 saturated heterocycles. The Balaban J connectivity index is 1.30. The molecule has 0 bridgehead atoms. The second kappa shape index (κ2) is 11.9. The molecule has 1 fully saturated rings. The average molecular weight is 571 g/mol. The van der Waals surface area contributed by atoms with Crippen LogP contribution in [-0.2, 0) is 21.4 Å². The van der Waals surface area contributed by atoms with Gasteiger partial charge in [-0.2, -0.15) is 0 Å². The van der Waals surface area contributed by atoms with Gasteiger partial charge < -0.3 is 30.5 Å². The Hall–Kier alpha value is -4.86. The molecule has 4 N–H and O–H groups in total. The van der Waals surface area contributed by atoms with Crippen LogP contribution in [0.5, 0.6) is 17.2 Å². The van der Waals surface area contributed by atoms with Crippen LogP contribution >= 0.6 is 0 Å². The van der Waals surface area contributed by atoms with Gasteiger partial charge in [0.1, 0.15) is 29.7 Å². The van der Waals surface area contributed by atoms with E-state index in [1.807, 2.05) is 18.2 Å². The molecule has 10 heteroatoms. The minimum absolute atomic E-state index is 0.0296. The zero-order chi connectivity index (χ0) is 29.9. The van der Waals surface area contributed by atoms with Gasteiger partial charge in [0.25, 0.3) is 5.91 Å². The molecule has 1 aliphatic carbocycles. The van der Waals surface area contributed by atoms with Crippen LogP contribution in [0.15, 0.2) is 60.3 Å². The first-order chi connectivity index (χ1) is 20.0. The molecule has 0 unspecified atom stereocenters. The van der Waals surface area contributed by atoms with Crippen molar-refractivity contribution in [1.29, 1.82) is 0 Å². The maximum absolute atomic E-state index is 13.3. The molecule has 218 valence electrons. The van der Waals surface area contributed by atoms with E-state index in [9.17, 15) is 14.4 Å². The quantitative estimate of drug-likeness (QED) is 0.257. The van der Waals surface area contributed by atoms with Crippen LogP contribution in [0.25, 0.3) is 6.08 Å². The van der Waals surface area contributed by atoms with E-state index in [-0.39, 0.29) is 36.3 Å². The van der Waals surface area contributed by atoms with Gasteiger partial charge in [-0.15, -0.1) is 0 Å². The van der Waals surface area contributed by atoms with E-state index in [0.29, 0.717) is 46.3 Å². The molecule has 0 spiro atoms. The summed E-state index contributed by atoms with van der Waals surface area (Å²) in [5, 5.41) is 17.1. The van der Waals surface area contributed by atoms with Gasteiger partial charge in [0.2, 0.25) is 5.91 Å². The van der Waals surface area contributed by atoms with E-state index in [1.54, 1.807) is 42.6 Å². The number of fused-ring (bicyclic) bond motifs is 1. The van der Waals surface area contributed by atoms with Crippen molar-refractivity contribution in [1.82, 2.24) is 10.3 Å². The average Bonchev–Trinajstić information content (AvgIpc) is 3.78. The third-order valence-electron chi connectivity index (χ3n) is 6.96. The first-order valence-electron chi connectivity index (χ1n) is 13.9. The first kappa shape index (κ1) is 28.7. The number of carbonyl (C=O) groups is 3. The second-order valence-electron chi connectivity index (χ2n) is 11.5. The van der Waals surface area contributed by atoms with Crippen molar-refractivity contribution in [3.8, 4) is 17.2 Å². The second-order valence-corrected chi connectivity index (χ2v) is 11.5. The number of benzene rings is 2. The molecule has 3 aromatic rings. The summed E-state index contributed by atoms with van der Waals surface area (Å²) in [6.07, 6.45) is 4.58. The highest BCUT2D eigenvalue weighted by Gasteiger charge is 2.30. The largest absolute Gasteiger partial charge is 0.488 e. The molecule has 2 aliphatic rings.